The van der Waals surface area contributed by atoms with Crippen LogP contribution in [-0.4, -0.2) is 56.0 Å². The molecular weight excluding hydrogens is 352 g/mol. The smallest absolute Gasteiger partial charge is 0.161 e. The standard InChI is InChI=1S/C23H40N2O3/c1-4-25(5-2)17-21(26)18-28-22-13-12-20(15-23(22)27-3)16-24-14-8-11-19-9-6-7-10-19/h12-13,15,19,21,24,26H,4-11,14,16-18H2,1-3H3/t21-/m0/s1. The number of ether oxygens (including phenoxy) is 2. The normalized spacial score (nSPS) is 15.9. The van der Waals surface area contributed by atoms with Gasteiger partial charge in [0.05, 0.1) is 7.11 Å². The number of rotatable bonds is 14. The molecule has 0 aromatic heterocycles. The van der Waals surface area contributed by atoms with Crippen LogP contribution in [0.1, 0.15) is 57.9 Å². The second kappa shape index (κ2) is 13.0. The summed E-state index contributed by atoms with van der Waals surface area (Å²) >= 11 is 0. The monoisotopic (exact) mass is 392 g/mol. The number of methoxy groups -OCH3 is 1. The van der Waals surface area contributed by atoms with E-state index >= 15 is 0 Å². The van der Waals surface area contributed by atoms with E-state index in [4.69, 9.17) is 9.47 Å². The minimum absolute atomic E-state index is 0.269. The number of hydrogen-bond acceptors (Lipinski definition) is 5. The minimum Gasteiger partial charge on any atom is -0.493 e. The highest BCUT2D eigenvalue weighted by Gasteiger charge is 2.14. The number of aliphatic hydroxyl groups is 1. The Balaban J connectivity index is 1.72. The summed E-state index contributed by atoms with van der Waals surface area (Å²) < 4.78 is 11.3. The van der Waals surface area contributed by atoms with Crippen LogP contribution in [0.4, 0.5) is 0 Å². The predicted octanol–water partition coefficient (Wildman–Crippen LogP) is 3.84. The summed E-state index contributed by atoms with van der Waals surface area (Å²) in [5.41, 5.74) is 1.19. The Morgan fingerprint density at radius 3 is 2.61 bits per heavy atom. The van der Waals surface area contributed by atoms with Crippen LogP contribution < -0.4 is 14.8 Å². The third kappa shape index (κ3) is 7.98. The Hall–Kier alpha value is -1.30. The third-order valence-corrected chi connectivity index (χ3v) is 5.79. The molecule has 160 valence electrons. The molecule has 1 saturated carbocycles. The van der Waals surface area contributed by atoms with E-state index in [1.165, 1.54) is 44.1 Å². The molecule has 0 unspecified atom stereocenters. The average molecular weight is 393 g/mol. The molecule has 1 aliphatic carbocycles. The molecule has 0 saturated heterocycles. The SMILES string of the molecule is CCN(CC)C[C@H](O)COc1ccc(CNCCCC2CCCC2)cc1OC. The van der Waals surface area contributed by atoms with Crippen molar-refractivity contribution in [2.24, 2.45) is 5.92 Å². The van der Waals surface area contributed by atoms with Crippen molar-refractivity contribution < 1.29 is 14.6 Å². The van der Waals surface area contributed by atoms with Gasteiger partial charge in [0.15, 0.2) is 11.5 Å². The first-order chi connectivity index (χ1) is 13.7. The van der Waals surface area contributed by atoms with Crippen molar-refractivity contribution in [1.82, 2.24) is 10.2 Å². The molecule has 0 heterocycles. The molecule has 0 bridgehead atoms. The summed E-state index contributed by atoms with van der Waals surface area (Å²) in [4.78, 5) is 2.19. The highest BCUT2D eigenvalue weighted by Crippen LogP contribution is 2.29. The lowest BCUT2D eigenvalue weighted by Crippen LogP contribution is -2.35. The van der Waals surface area contributed by atoms with E-state index in [1.54, 1.807) is 7.11 Å². The van der Waals surface area contributed by atoms with Gasteiger partial charge in [-0.25, -0.2) is 0 Å². The number of nitrogens with one attached hydrogen (secondary N) is 1. The van der Waals surface area contributed by atoms with Crippen LogP contribution in [0.5, 0.6) is 11.5 Å². The lowest BCUT2D eigenvalue weighted by Gasteiger charge is -2.22. The first kappa shape index (κ1) is 23.0. The number of hydrogen-bond donors (Lipinski definition) is 2. The highest BCUT2D eigenvalue weighted by molar-refractivity contribution is 5.43. The molecule has 1 aliphatic rings. The van der Waals surface area contributed by atoms with Crippen LogP contribution in [0.15, 0.2) is 18.2 Å². The van der Waals surface area contributed by atoms with Crippen LogP contribution in [0, 0.1) is 5.92 Å². The van der Waals surface area contributed by atoms with Gasteiger partial charge >= 0.3 is 0 Å². The maximum Gasteiger partial charge on any atom is 0.161 e. The molecule has 1 atom stereocenters. The van der Waals surface area contributed by atoms with Crippen LogP contribution in [0.25, 0.3) is 0 Å². The average Bonchev–Trinajstić information content (AvgIpc) is 3.24. The van der Waals surface area contributed by atoms with E-state index in [-0.39, 0.29) is 6.61 Å². The number of aliphatic hydroxyl groups excluding tert-OH is 1. The van der Waals surface area contributed by atoms with Gasteiger partial charge in [-0.2, -0.15) is 0 Å². The molecule has 2 N–H and O–H groups in total. The van der Waals surface area contributed by atoms with Crippen molar-refractivity contribution in [2.45, 2.75) is 65.0 Å². The first-order valence-electron chi connectivity index (χ1n) is 11.1. The van der Waals surface area contributed by atoms with Crippen molar-refractivity contribution in [3.05, 3.63) is 23.8 Å². The Kier molecular flexibility index (Phi) is 10.7. The van der Waals surface area contributed by atoms with E-state index in [1.807, 2.05) is 12.1 Å². The van der Waals surface area contributed by atoms with Crippen molar-refractivity contribution in [3.8, 4) is 11.5 Å². The fourth-order valence-corrected chi connectivity index (χ4v) is 4.01. The summed E-state index contributed by atoms with van der Waals surface area (Å²) in [6.07, 6.45) is 7.83. The van der Waals surface area contributed by atoms with Crippen molar-refractivity contribution in [1.29, 1.82) is 0 Å². The van der Waals surface area contributed by atoms with E-state index in [9.17, 15) is 5.11 Å². The van der Waals surface area contributed by atoms with Gasteiger partial charge in [0, 0.05) is 13.1 Å². The van der Waals surface area contributed by atoms with Crippen molar-refractivity contribution in [2.75, 3.05) is 39.9 Å². The van der Waals surface area contributed by atoms with Crippen LogP contribution in [-0.2, 0) is 6.54 Å². The number of likely N-dealkylation sites (N-methyl/N-ethyl adjacent to an activating group) is 1. The van der Waals surface area contributed by atoms with Gasteiger partial charge in [0.25, 0.3) is 0 Å². The lowest BCUT2D eigenvalue weighted by molar-refractivity contribution is 0.0705. The van der Waals surface area contributed by atoms with Gasteiger partial charge in [-0.15, -0.1) is 0 Å². The molecule has 28 heavy (non-hydrogen) atoms. The molecule has 1 fully saturated rings. The molecule has 0 aliphatic heterocycles. The fraction of sp³-hybridized carbons (Fsp3) is 0.739. The maximum absolute atomic E-state index is 10.2. The van der Waals surface area contributed by atoms with Crippen LogP contribution >= 0.6 is 0 Å². The summed E-state index contributed by atoms with van der Waals surface area (Å²) in [7, 11) is 1.66. The summed E-state index contributed by atoms with van der Waals surface area (Å²) in [5, 5.41) is 13.7. The highest BCUT2D eigenvalue weighted by atomic mass is 16.5. The molecular formula is C23H40N2O3. The molecule has 5 heteroatoms. The number of benzene rings is 1. The van der Waals surface area contributed by atoms with Crippen LogP contribution in [0.3, 0.4) is 0 Å². The summed E-state index contributed by atoms with van der Waals surface area (Å²) in [5.74, 6) is 2.38. The van der Waals surface area contributed by atoms with Crippen molar-refractivity contribution >= 4 is 0 Å². The zero-order chi connectivity index (χ0) is 20.2. The van der Waals surface area contributed by atoms with Gasteiger partial charge in [0.1, 0.15) is 12.7 Å². The first-order valence-corrected chi connectivity index (χ1v) is 11.1. The van der Waals surface area contributed by atoms with Gasteiger partial charge in [-0.05, 0) is 56.1 Å². The second-order valence-electron chi connectivity index (χ2n) is 7.91. The zero-order valence-corrected chi connectivity index (χ0v) is 18.1. The van der Waals surface area contributed by atoms with E-state index in [0.29, 0.717) is 12.3 Å². The molecule has 0 amide bonds. The van der Waals surface area contributed by atoms with Gasteiger partial charge in [-0.1, -0.05) is 45.6 Å². The molecule has 0 radical (unpaired) electrons. The fourth-order valence-electron chi connectivity index (χ4n) is 4.01. The minimum atomic E-state index is -0.509. The Bertz CT molecular complexity index is 543. The quantitative estimate of drug-likeness (QED) is 0.471. The van der Waals surface area contributed by atoms with E-state index in [0.717, 1.165) is 37.8 Å². The largest absolute Gasteiger partial charge is 0.493 e. The summed E-state index contributed by atoms with van der Waals surface area (Å²) in [6, 6.07) is 6.03. The Morgan fingerprint density at radius 1 is 1.18 bits per heavy atom. The van der Waals surface area contributed by atoms with Gasteiger partial charge < -0.3 is 24.8 Å². The number of nitrogens with zero attached hydrogens (tertiary/aromatic N) is 1. The topological polar surface area (TPSA) is 54.0 Å². The van der Waals surface area contributed by atoms with Crippen LogP contribution in [0.2, 0.25) is 0 Å². The maximum atomic E-state index is 10.2. The summed E-state index contributed by atoms with van der Waals surface area (Å²) in [6.45, 7) is 8.85. The molecule has 0 spiro atoms. The molecule has 2 rings (SSSR count). The van der Waals surface area contributed by atoms with E-state index in [2.05, 4.69) is 30.1 Å². The molecule has 1 aromatic carbocycles. The molecule has 5 nitrogen and oxygen atoms in total. The van der Waals surface area contributed by atoms with E-state index < -0.39 is 6.10 Å². The van der Waals surface area contributed by atoms with Crippen molar-refractivity contribution in [3.63, 3.8) is 0 Å². The Labute approximate surface area is 171 Å². The van der Waals surface area contributed by atoms with Gasteiger partial charge in [-0.3, -0.25) is 0 Å². The lowest BCUT2D eigenvalue weighted by atomic mass is 10.0. The predicted molar refractivity (Wildman–Crippen MR) is 115 cm³/mol. The van der Waals surface area contributed by atoms with Gasteiger partial charge in [0.2, 0.25) is 0 Å². The second-order valence-corrected chi connectivity index (χ2v) is 7.91. The molecule has 1 aromatic rings. The Morgan fingerprint density at radius 2 is 1.93 bits per heavy atom. The zero-order valence-electron chi connectivity index (χ0n) is 18.1. The third-order valence-electron chi connectivity index (χ3n) is 5.79.